The first-order valence-corrected chi connectivity index (χ1v) is 11.6. The summed E-state index contributed by atoms with van der Waals surface area (Å²) in [5, 5.41) is 13.5. The lowest BCUT2D eigenvalue weighted by molar-refractivity contribution is -0.163. The molecule has 1 rings (SSSR count). The van der Waals surface area contributed by atoms with Gasteiger partial charge in [-0.05, 0) is 57.0 Å². The van der Waals surface area contributed by atoms with Crippen LogP contribution in [-0.4, -0.2) is 67.1 Å². The highest BCUT2D eigenvalue weighted by Gasteiger charge is 2.39. The molecule has 182 valence electrons. The lowest BCUT2D eigenvalue weighted by atomic mass is 9.83. The Morgan fingerprint density at radius 1 is 1.26 bits per heavy atom. The van der Waals surface area contributed by atoms with E-state index in [0.717, 1.165) is 25.9 Å². The van der Waals surface area contributed by atoms with E-state index in [4.69, 9.17) is 15.2 Å². The Balaban J connectivity index is 3.09. The maximum absolute atomic E-state index is 14.9. The molecule has 0 saturated carbocycles. The molecule has 7 nitrogen and oxygen atoms in total. The molecule has 1 saturated heterocycles. The van der Waals surface area contributed by atoms with Gasteiger partial charge in [0, 0.05) is 12.0 Å². The normalized spacial score (nSPS) is 36.7. The third-order valence-electron chi connectivity index (χ3n) is 6.37. The van der Waals surface area contributed by atoms with Gasteiger partial charge in [0.1, 0.15) is 6.10 Å². The third kappa shape index (κ3) is 8.75. The lowest BCUT2D eigenvalue weighted by Crippen LogP contribution is -2.44. The van der Waals surface area contributed by atoms with Crippen molar-refractivity contribution < 1.29 is 28.6 Å². The second kappa shape index (κ2) is 13.5. The molecule has 1 aliphatic rings. The van der Waals surface area contributed by atoms with Gasteiger partial charge >= 0.3 is 5.97 Å². The van der Waals surface area contributed by atoms with E-state index in [9.17, 15) is 19.1 Å². The standard InChI is InChI=1S/C23H43FN2O5/c1-7-19-14(3)8-9-26-11-13(2)10-15(4)22(30-12-18(27)17(6)25)16(5)21(28)20(24)23(29)31-19/h13-20,22,26-27H,7-12,25H2,1-6H3/t13-,14-,15+,16+,17?,18?,19-,20+,22+/m1/s1. The minimum absolute atomic E-state index is 0.0522. The Hall–Kier alpha value is -1.09. The summed E-state index contributed by atoms with van der Waals surface area (Å²) in [4.78, 5) is 25.2. The number of ether oxygens (including phenoxy) is 2. The highest BCUT2D eigenvalue weighted by Crippen LogP contribution is 2.27. The second-order valence-corrected chi connectivity index (χ2v) is 9.45. The molecule has 0 amide bonds. The van der Waals surface area contributed by atoms with Crippen molar-refractivity contribution in [3.05, 3.63) is 0 Å². The van der Waals surface area contributed by atoms with Crippen molar-refractivity contribution in [3.8, 4) is 0 Å². The van der Waals surface area contributed by atoms with Crippen LogP contribution in [0.5, 0.6) is 0 Å². The summed E-state index contributed by atoms with van der Waals surface area (Å²) in [6.07, 6.45) is -2.26. The second-order valence-electron chi connectivity index (χ2n) is 9.45. The van der Waals surface area contributed by atoms with Gasteiger partial charge < -0.3 is 25.6 Å². The smallest absolute Gasteiger partial charge is 0.348 e. The maximum atomic E-state index is 14.9. The van der Waals surface area contributed by atoms with Crippen LogP contribution in [0.15, 0.2) is 0 Å². The van der Waals surface area contributed by atoms with Gasteiger partial charge in [0.25, 0.3) is 6.17 Å². The highest BCUT2D eigenvalue weighted by atomic mass is 19.1. The molecule has 0 bridgehead atoms. The number of esters is 1. The molecule has 1 heterocycles. The number of carbonyl (C=O) groups excluding carboxylic acids is 2. The predicted molar refractivity (Wildman–Crippen MR) is 118 cm³/mol. The first kappa shape index (κ1) is 27.9. The Labute approximate surface area is 186 Å². The minimum Gasteiger partial charge on any atom is -0.460 e. The number of Topliss-reactive ketones (excluding diaryl/α,β-unsaturated/α-hetero) is 1. The van der Waals surface area contributed by atoms with Crippen LogP contribution in [0.3, 0.4) is 0 Å². The van der Waals surface area contributed by atoms with Crippen molar-refractivity contribution in [1.82, 2.24) is 5.32 Å². The van der Waals surface area contributed by atoms with Crippen LogP contribution in [-0.2, 0) is 19.1 Å². The number of nitrogens with two attached hydrogens (primary N) is 1. The number of nitrogens with one attached hydrogen (secondary N) is 1. The summed E-state index contributed by atoms with van der Waals surface area (Å²) in [5.41, 5.74) is 5.71. The molecule has 0 aromatic carbocycles. The molecule has 8 heteroatoms. The van der Waals surface area contributed by atoms with Gasteiger partial charge in [-0.3, -0.25) is 4.79 Å². The van der Waals surface area contributed by atoms with Gasteiger partial charge in [-0.15, -0.1) is 0 Å². The molecular formula is C23H43FN2O5. The fraction of sp³-hybridized carbons (Fsp3) is 0.913. The zero-order valence-corrected chi connectivity index (χ0v) is 20.0. The Bertz CT molecular complexity index is 562. The molecular weight excluding hydrogens is 403 g/mol. The van der Waals surface area contributed by atoms with E-state index in [1.54, 1.807) is 13.8 Å². The number of hydrogen-bond acceptors (Lipinski definition) is 7. The number of cyclic esters (lactones) is 1. The summed E-state index contributed by atoms with van der Waals surface area (Å²) >= 11 is 0. The molecule has 1 fully saturated rings. The average molecular weight is 447 g/mol. The molecule has 2 unspecified atom stereocenters. The topological polar surface area (TPSA) is 111 Å². The van der Waals surface area contributed by atoms with Crippen LogP contribution >= 0.6 is 0 Å². The van der Waals surface area contributed by atoms with E-state index in [1.807, 2.05) is 20.8 Å². The van der Waals surface area contributed by atoms with Crippen molar-refractivity contribution in [3.63, 3.8) is 0 Å². The predicted octanol–water partition coefficient (Wildman–Crippen LogP) is 2.24. The van der Waals surface area contributed by atoms with Crippen LogP contribution in [0.25, 0.3) is 0 Å². The summed E-state index contributed by atoms with van der Waals surface area (Å²) in [6, 6.07) is -0.497. The lowest BCUT2D eigenvalue weighted by Gasteiger charge is -2.32. The first-order valence-electron chi connectivity index (χ1n) is 11.6. The number of aliphatic hydroxyl groups excluding tert-OH is 1. The third-order valence-corrected chi connectivity index (χ3v) is 6.37. The number of rotatable bonds is 5. The first-order chi connectivity index (χ1) is 14.5. The van der Waals surface area contributed by atoms with Crippen molar-refractivity contribution in [2.75, 3.05) is 19.7 Å². The zero-order valence-electron chi connectivity index (χ0n) is 20.0. The molecule has 0 spiro atoms. The van der Waals surface area contributed by atoms with Gasteiger partial charge in [0.05, 0.1) is 18.8 Å². The van der Waals surface area contributed by atoms with E-state index >= 15 is 0 Å². The summed E-state index contributed by atoms with van der Waals surface area (Å²) in [6.45, 7) is 12.7. The zero-order chi connectivity index (χ0) is 23.7. The van der Waals surface area contributed by atoms with E-state index in [-0.39, 0.29) is 18.4 Å². The summed E-state index contributed by atoms with van der Waals surface area (Å²) in [7, 11) is 0. The maximum Gasteiger partial charge on any atom is 0.348 e. The summed E-state index contributed by atoms with van der Waals surface area (Å²) in [5.74, 6) is -2.58. The number of aliphatic hydroxyl groups is 1. The quantitative estimate of drug-likeness (QED) is 0.439. The van der Waals surface area contributed by atoms with Gasteiger partial charge in [-0.1, -0.05) is 34.6 Å². The van der Waals surface area contributed by atoms with Crippen LogP contribution in [0.1, 0.15) is 60.8 Å². The minimum atomic E-state index is -2.35. The van der Waals surface area contributed by atoms with E-state index in [1.165, 1.54) is 0 Å². The van der Waals surface area contributed by atoms with Crippen molar-refractivity contribution >= 4 is 11.8 Å². The van der Waals surface area contributed by atoms with Crippen LogP contribution in [0.2, 0.25) is 0 Å². The van der Waals surface area contributed by atoms with Gasteiger partial charge in [-0.2, -0.15) is 0 Å². The number of carbonyl (C=O) groups is 2. The largest absolute Gasteiger partial charge is 0.460 e. The SMILES string of the molecule is CC[C@H]1OC(=O)[C@@H](F)C(=O)[C@H](C)[C@@H](OCC(O)C(C)N)[C@@H](C)C[C@@H](C)CNCC[C@H]1C. The molecule has 0 radical (unpaired) electrons. The van der Waals surface area contributed by atoms with Gasteiger partial charge in [0.15, 0.2) is 5.78 Å². The fourth-order valence-corrected chi connectivity index (χ4v) is 4.20. The van der Waals surface area contributed by atoms with Crippen molar-refractivity contribution in [2.45, 2.75) is 91.3 Å². The molecule has 31 heavy (non-hydrogen) atoms. The molecule has 9 atom stereocenters. The van der Waals surface area contributed by atoms with E-state index < -0.39 is 48.2 Å². The van der Waals surface area contributed by atoms with E-state index in [2.05, 4.69) is 12.2 Å². The van der Waals surface area contributed by atoms with Crippen molar-refractivity contribution in [2.24, 2.45) is 29.4 Å². The van der Waals surface area contributed by atoms with Crippen LogP contribution < -0.4 is 11.1 Å². The molecule has 4 N–H and O–H groups in total. The molecule has 0 aliphatic carbocycles. The van der Waals surface area contributed by atoms with Crippen molar-refractivity contribution in [1.29, 1.82) is 0 Å². The monoisotopic (exact) mass is 446 g/mol. The molecule has 0 aromatic rings. The Morgan fingerprint density at radius 3 is 2.48 bits per heavy atom. The van der Waals surface area contributed by atoms with Gasteiger partial charge in [0.2, 0.25) is 0 Å². The number of hydrogen-bond donors (Lipinski definition) is 3. The fourth-order valence-electron chi connectivity index (χ4n) is 4.20. The van der Waals surface area contributed by atoms with Crippen LogP contribution in [0.4, 0.5) is 4.39 Å². The number of alkyl halides is 1. The molecule has 1 aliphatic heterocycles. The Morgan fingerprint density at radius 2 is 1.90 bits per heavy atom. The average Bonchev–Trinajstić information content (AvgIpc) is 2.72. The van der Waals surface area contributed by atoms with E-state index in [0.29, 0.717) is 12.3 Å². The molecule has 0 aromatic heterocycles. The summed E-state index contributed by atoms with van der Waals surface area (Å²) < 4.78 is 26.1. The highest BCUT2D eigenvalue weighted by molar-refractivity contribution is 6.03. The number of halogens is 1. The van der Waals surface area contributed by atoms with Crippen LogP contribution in [0, 0.1) is 23.7 Å². The number of ketones is 1. The van der Waals surface area contributed by atoms with Gasteiger partial charge in [-0.25, -0.2) is 9.18 Å². The Kier molecular flexibility index (Phi) is 12.1.